The Hall–Kier alpha value is -1.35. The average Bonchev–Trinajstić information content (AvgIpc) is 2.54. The van der Waals surface area contributed by atoms with E-state index in [-0.39, 0.29) is 0 Å². The minimum absolute atomic E-state index is 0.300. The fourth-order valence-electron chi connectivity index (χ4n) is 2.98. The quantitative estimate of drug-likeness (QED) is 0.837. The molecule has 1 N–H and O–H groups in total. The molecule has 1 aromatic carbocycles. The van der Waals surface area contributed by atoms with Crippen LogP contribution in [-0.2, 0) is 11.2 Å². The van der Waals surface area contributed by atoms with Gasteiger partial charge in [-0.25, -0.2) is 0 Å². The van der Waals surface area contributed by atoms with Crippen molar-refractivity contribution in [1.29, 1.82) is 0 Å². The van der Waals surface area contributed by atoms with Crippen LogP contribution < -0.4 is 5.32 Å². The number of nitrogens with zero attached hydrogens (tertiary/aromatic N) is 1. The summed E-state index contributed by atoms with van der Waals surface area (Å²) < 4.78 is 0. The zero-order valence-corrected chi connectivity index (χ0v) is 13.2. The Labute approximate surface area is 128 Å². The van der Waals surface area contributed by atoms with Gasteiger partial charge in [0.05, 0.1) is 0 Å². The largest absolute Gasteiger partial charge is 0.346 e. The van der Waals surface area contributed by atoms with E-state index in [4.69, 9.17) is 0 Å². The first-order valence-electron chi connectivity index (χ1n) is 8.24. The lowest BCUT2D eigenvalue weighted by Crippen LogP contribution is -2.32. The summed E-state index contributed by atoms with van der Waals surface area (Å²) in [5.74, 6) is 0.994. The standard InChI is InChI=1S/C18H28N2O/c1-20(14-6-10-16-7-3-2-4-8-16)18(21)12-11-17-9-5-13-19-15-17/h2-4,7-8,17,19H,5-6,9-15H2,1H3. The van der Waals surface area contributed by atoms with E-state index in [0.29, 0.717) is 18.2 Å². The summed E-state index contributed by atoms with van der Waals surface area (Å²) in [7, 11) is 1.94. The molecule has 0 saturated carbocycles. The Morgan fingerprint density at radius 3 is 2.86 bits per heavy atom. The van der Waals surface area contributed by atoms with E-state index >= 15 is 0 Å². The fourth-order valence-corrected chi connectivity index (χ4v) is 2.98. The summed E-state index contributed by atoms with van der Waals surface area (Å²) in [5.41, 5.74) is 1.35. The summed E-state index contributed by atoms with van der Waals surface area (Å²) in [6.07, 6.45) is 6.36. The Morgan fingerprint density at radius 1 is 1.33 bits per heavy atom. The zero-order valence-electron chi connectivity index (χ0n) is 13.2. The minimum Gasteiger partial charge on any atom is -0.346 e. The van der Waals surface area contributed by atoms with Gasteiger partial charge in [0.2, 0.25) is 5.91 Å². The zero-order chi connectivity index (χ0) is 14.9. The smallest absolute Gasteiger partial charge is 0.222 e. The molecule has 3 nitrogen and oxygen atoms in total. The maximum absolute atomic E-state index is 12.1. The van der Waals surface area contributed by atoms with Crippen LogP contribution in [0.3, 0.4) is 0 Å². The SMILES string of the molecule is CN(CCCc1ccccc1)C(=O)CCC1CCCNC1. The van der Waals surface area contributed by atoms with Crippen molar-refractivity contribution in [2.24, 2.45) is 5.92 Å². The first-order valence-corrected chi connectivity index (χ1v) is 8.24. The van der Waals surface area contributed by atoms with Gasteiger partial charge in [-0.2, -0.15) is 0 Å². The maximum atomic E-state index is 12.1. The van der Waals surface area contributed by atoms with Crippen molar-refractivity contribution in [3.8, 4) is 0 Å². The highest BCUT2D eigenvalue weighted by Gasteiger charge is 2.16. The number of piperidine rings is 1. The van der Waals surface area contributed by atoms with Gasteiger partial charge >= 0.3 is 0 Å². The molecule has 0 aliphatic carbocycles. The van der Waals surface area contributed by atoms with Crippen LogP contribution in [0.1, 0.15) is 37.7 Å². The Morgan fingerprint density at radius 2 is 2.14 bits per heavy atom. The average molecular weight is 288 g/mol. The van der Waals surface area contributed by atoms with E-state index in [2.05, 4.69) is 29.6 Å². The number of aryl methyl sites for hydroxylation is 1. The molecule has 1 aliphatic rings. The van der Waals surface area contributed by atoms with Crippen LogP contribution in [0.5, 0.6) is 0 Å². The van der Waals surface area contributed by atoms with Crippen LogP contribution in [0, 0.1) is 5.92 Å². The van der Waals surface area contributed by atoms with Crippen LogP contribution in [-0.4, -0.2) is 37.5 Å². The molecule has 0 aromatic heterocycles. The molecule has 1 atom stereocenters. The van der Waals surface area contributed by atoms with Gasteiger partial charge in [-0.05, 0) is 56.7 Å². The summed E-state index contributed by atoms with van der Waals surface area (Å²) in [4.78, 5) is 14.0. The molecule has 0 radical (unpaired) electrons. The van der Waals surface area contributed by atoms with Gasteiger partial charge in [-0.3, -0.25) is 4.79 Å². The number of nitrogens with one attached hydrogen (secondary N) is 1. The Bertz CT molecular complexity index is 412. The lowest BCUT2D eigenvalue weighted by atomic mass is 9.94. The highest BCUT2D eigenvalue weighted by atomic mass is 16.2. The van der Waals surface area contributed by atoms with Crippen molar-refractivity contribution in [3.63, 3.8) is 0 Å². The van der Waals surface area contributed by atoms with Crippen molar-refractivity contribution >= 4 is 5.91 Å². The highest BCUT2D eigenvalue weighted by Crippen LogP contribution is 2.16. The number of benzene rings is 1. The molecule has 0 bridgehead atoms. The number of hydrogen-bond acceptors (Lipinski definition) is 2. The second kappa shape index (κ2) is 8.83. The molecule has 1 aliphatic heterocycles. The molecule has 3 heteroatoms. The number of amides is 1. The third-order valence-electron chi connectivity index (χ3n) is 4.39. The molecule has 116 valence electrons. The molecule has 21 heavy (non-hydrogen) atoms. The summed E-state index contributed by atoms with van der Waals surface area (Å²) in [6, 6.07) is 10.5. The number of rotatable bonds is 7. The van der Waals surface area contributed by atoms with Gasteiger partial charge in [0, 0.05) is 20.0 Å². The number of carbonyl (C=O) groups excluding carboxylic acids is 1. The van der Waals surface area contributed by atoms with Gasteiger partial charge in [-0.1, -0.05) is 30.3 Å². The van der Waals surface area contributed by atoms with Gasteiger partial charge in [0.15, 0.2) is 0 Å². The molecule has 1 unspecified atom stereocenters. The molecule has 1 heterocycles. The third kappa shape index (κ3) is 5.88. The van der Waals surface area contributed by atoms with E-state index in [9.17, 15) is 4.79 Å². The molecule has 1 amide bonds. The Kier molecular flexibility index (Phi) is 6.74. The fraction of sp³-hybridized carbons (Fsp3) is 0.611. The van der Waals surface area contributed by atoms with Crippen molar-refractivity contribution in [2.75, 3.05) is 26.7 Å². The monoisotopic (exact) mass is 288 g/mol. The van der Waals surface area contributed by atoms with Crippen LogP contribution in [0.2, 0.25) is 0 Å². The van der Waals surface area contributed by atoms with Gasteiger partial charge in [-0.15, -0.1) is 0 Å². The number of carbonyl (C=O) groups is 1. The van der Waals surface area contributed by atoms with E-state index < -0.39 is 0 Å². The van der Waals surface area contributed by atoms with E-state index in [1.54, 1.807) is 0 Å². The molecule has 0 spiro atoms. The van der Waals surface area contributed by atoms with Crippen LogP contribution >= 0.6 is 0 Å². The summed E-state index contributed by atoms with van der Waals surface area (Å²) in [6.45, 7) is 3.09. The molecular formula is C18H28N2O. The van der Waals surface area contributed by atoms with Crippen molar-refractivity contribution in [2.45, 2.75) is 38.5 Å². The molecule has 1 saturated heterocycles. The topological polar surface area (TPSA) is 32.3 Å². The molecule has 1 aromatic rings. The van der Waals surface area contributed by atoms with Crippen LogP contribution in [0.15, 0.2) is 30.3 Å². The second-order valence-electron chi connectivity index (χ2n) is 6.16. The molecular weight excluding hydrogens is 260 g/mol. The van der Waals surface area contributed by atoms with E-state index in [1.165, 1.54) is 18.4 Å². The minimum atomic E-state index is 0.300. The maximum Gasteiger partial charge on any atom is 0.222 e. The first-order chi connectivity index (χ1) is 10.3. The second-order valence-corrected chi connectivity index (χ2v) is 6.16. The third-order valence-corrected chi connectivity index (χ3v) is 4.39. The molecule has 1 fully saturated rings. The number of hydrogen-bond donors (Lipinski definition) is 1. The lowest BCUT2D eigenvalue weighted by molar-refractivity contribution is -0.130. The lowest BCUT2D eigenvalue weighted by Gasteiger charge is -2.23. The van der Waals surface area contributed by atoms with E-state index in [1.807, 2.05) is 18.0 Å². The van der Waals surface area contributed by atoms with Crippen molar-refractivity contribution < 1.29 is 4.79 Å². The van der Waals surface area contributed by atoms with Crippen LogP contribution in [0.25, 0.3) is 0 Å². The highest BCUT2D eigenvalue weighted by molar-refractivity contribution is 5.75. The normalized spacial score (nSPS) is 18.4. The first kappa shape index (κ1) is 16.0. The Balaban J connectivity index is 1.60. The van der Waals surface area contributed by atoms with Gasteiger partial charge in [0.25, 0.3) is 0 Å². The van der Waals surface area contributed by atoms with Gasteiger partial charge in [0.1, 0.15) is 0 Å². The summed E-state index contributed by atoms with van der Waals surface area (Å²) >= 11 is 0. The van der Waals surface area contributed by atoms with Crippen molar-refractivity contribution in [3.05, 3.63) is 35.9 Å². The predicted molar refractivity (Wildman–Crippen MR) is 87.2 cm³/mol. The molecule has 2 rings (SSSR count). The van der Waals surface area contributed by atoms with E-state index in [0.717, 1.165) is 38.9 Å². The van der Waals surface area contributed by atoms with Gasteiger partial charge < -0.3 is 10.2 Å². The summed E-state index contributed by atoms with van der Waals surface area (Å²) in [5, 5.41) is 3.42. The van der Waals surface area contributed by atoms with Crippen LogP contribution in [0.4, 0.5) is 0 Å². The van der Waals surface area contributed by atoms with Crippen molar-refractivity contribution in [1.82, 2.24) is 10.2 Å². The predicted octanol–water partition coefficient (Wildman–Crippen LogP) is 2.86.